The molecule has 0 saturated carbocycles. The van der Waals surface area contributed by atoms with Crippen LogP contribution in [0.15, 0.2) is 54.6 Å². The van der Waals surface area contributed by atoms with Crippen molar-refractivity contribution in [3.63, 3.8) is 0 Å². The largest absolute Gasteiger partial charge is 0.497 e. The lowest BCUT2D eigenvalue weighted by molar-refractivity contribution is -0.148. The third-order valence-electron chi connectivity index (χ3n) is 3.49. The van der Waals surface area contributed by atoms with E-state index >= 15 is 0 Å². The van der Waals surface area contributed by atoms with E-state index in [9.17, 15) is 9.59 Å². The summed E-state index contributed by atoms with van der Waals surface area (Å²) in [6.45, 7) is 3.49. The normalized spacial score (nSPS) is 11.8. The molecule has 2 aromatic rings. The van der Waals surface area contributed by atoms with Gasteiger partial charge in [-0.05, 0) is 49.8 Å². The van der Waals surface area contributed by atoms with E-state index in [0.29, 0.717) is 11.4 Å². The lowest BCUT2D eigenvalue weighted by atomic mass is 10.2. The number of hydrogen-bond acceptors (Lipinski definition) is 4. The maximum Gasteiger partial charge on any atom is 0.331 e. The highest BCUT2D eigenvalue weighted by atomic mass is 16.5. The first kappa shape index (κ1) is 18.3. The molecule has 0 aliphatic heterocycles. The van der Waals surface area contributed by atoms with E-state index in [1.165, 1.54) is 13.0 Å². The van der Waals surface area contributed by atoms with Gasteiger partial charge in [-0.1, -0.05) is 29.8 Å². The highest BCUT2D eigenvalue weighted by molar-refractivity contribution is 5.96. The average molecular weight is 339 g/mol. The summed E-state index contributed by atoms with van der Waals surface area (Å²) in [5.74, 6) is -0.275. The fraction of sp³-hybridized carbons (Fsp3) is 0.200. The molecule has 0 heterocycles. The van der Waals surface area contributed by atoms with E-state index < -0.39 is 12.1 Å². The Morgan fingerprint density at radius 2 is 1.84 bits per heavy atom. The van der Waals surface area contributed by atoms with Crippen molar-refractivity contribution in [2.45, 2.75) is 20.0 Å². The highest BCUT2D eigenvalue weighted by Gasteiger charge is 2.16. The van der Waals surface area contributed by atoms with Crippen LogP contribution in [0.25, 0.3) is 6.08 Å². The number of methoxy groups -OCH3 is 1. The summed E-state index contributed by atoms with van der Waals surface area (Å²) in [5, 5.41) is 2.71. The molecule has 2 rings (SSSR count). The van der Waals surface area contributed by atoms with Crippen LogP contribution in [0, 0.1) is 6.92 Å². The van der Waals surface area contributed by atoms with Crippen molar-refractivity contribution in [1.82, 2.24) is 0 Å². The van der Waals surface area contributed by atoms with E-state index in [-0.39, 0.29) is 5.91 Å². The standard InChI is InChI=1S/C20H21NO4/c1-14-7-10-17(11-8-14)21-20(23)15(2)25-19(22)12-9-16-5-4-6-18(13-16)24-3/h4-13,15H,1-3H3,(H,21,23)/b12-9+/t15-/m0/s1. The Labute approximate surface area is 147 Å². The van der Waals surface area contributed by atoms with Gasteiger partial charge in [0.15, 0.2) is 6.10 Å². The van der Waals surface area contributed by atoms with Gasteiger partial charge in [0, 0.05) is 11.8 Å². The third-order valence-corrected chi connectivity index (χ3v) is 3.49. The summed E-state index contributed by atoms with van der Waals surface area (Å²) in [5.41, 5.74) is 2.55. The molecule has 1 atom stereocenters. The van der Waals surface area contributed by atoms with E-state index in [4.69, 9.17) is 9.47 Å². The fourth-order valence-electron chi connectivity index (χ4n) is 2.06. The van der Waals surface area contributed by atoms with Crippen molar-refractivity contribution in [1.29, 1.82) is 0 Å². The summed E-state index contributed by atoms with van der Waals surface area (Å²) in [6.07, 6.45) is 1.99. The second-order valence-electron chi connectivity index (χ2n) is 5.54. The predicted molar refractivity (Wildman–Crippen MR) is 97.4 cm³/mol. The number of ether oxygens (including phenoxy) is 2. The molecule has 0 saturated heterocycles. The summed E-state index contributed by atoms with van der Waals surface area (Å²) in [7, 11) is 1.57. The first-order valence-electron chi connectivity index (χ1n) is 7.88. The number of amides is 1. The molecule has 0 aliphatic carbocycles. The van der Waals surface area contributed by atoms with Crippen molar-refractivity contribution < 1.29 is 19.1 Å². The number of nitrogens with one attached hydrogen (secondary N) is 1. The molecule has 0 spiro atoms. The maximum atomic E-state index is 12.1. The van der Waals surface area contributed by atoms with Crippen LogP contribution in [-0.4, -0.2) is 25.1 Å². The SMILES string of the molecule is COc1cccc(/C=C/C(=O)O[C@@H](C)C(=O)Nc2ccc(C)cc2)c1. The summed E-state index contributed by atoms with van der Waals surface area (Å²) in [6, 6.07) is 14.6. The van der Waals surface area contributed by atoms with Gasteiger partial charge in [-0.2, -0.15) is 0 Å². The molecule has 25 heavy (non-hydrogen) atoms. The van der Waals surface area contributed by atoms with Crippen LogP contribution in [0.1, 0.15) is 18.1 Å². The minimum absolute atomic E-state index is 0.382. The molecule has 5 nitrogen and oxygen atoms in total. The van der Waals surface area contributed by atoms with Crippen LogP contribution < -0.4 is 10.1 Å². The Kier molecular flexibility index (Phi) is 6.34. The Bertz CT molecular complexity index is 766. The van der Waals surface area contributed by atoms with E-state index in [1.54, 1.807) is 31.4 Å². The van der Waals surface area contributed by atoms with Gasteiger partial charge in [-0.15, -0.1) is 0 Å². The molecular formula is C20H21NO4. The van der Waals surface area contributed by atoms with Crippen molar-refractivity contribution in [2.24, 2.45) is 0 Å². The Hall–Kier alpha value is -3.08. The van der Waals surface area contributed by atoms with Gasteiger partial charge in [-0.25, -0.2) is 4.79 Å². The number of esters is 1. The summed E-state index contributed by atoms with van der Waals surface area (Å²) >= 11 is 0. The first-order chi connectivity index (χ1) is 12.0. The lowest BCUT2D eigenvalue weighted by Gasteiger charge is -2.12. The van der Waals surface area contributed by atoms with Crippen molar-refractivity contribution in [3.8, 4) is 5.75 Å². The Morgan fingerprint density at radius 1 is 1.12 bits per heavy atom. The number of aryl methyl sites for hydroxylation is 1. The maximum absolute atomic E-state index is 12.1. The molecule has 0 aliphatic rings. The van der Waals surface area contributed by atoms with Crippen LogP contribution in [0.5, 0.6) is 5.75 Å². The molecule has 130 valence electrons. The molecule has 1 amide bonds. The number of anilines is 1. The lowest BCUT2D eigenvalue weighted by Crippen LogP contribution is -2.29. The first-order valence-corrected chi connectivity index (χ1v) is 7.88. The van der Waals surface area contributed by atoms with Crippen LogP contribution >= 0.6 is 0 Å². The van der Waals surface area contributed by atoms with E-state index in [0.717, 1.165) is 11.1 Å². The highest BCUT2D eigenvalue weighted by Crippen LogP contribution is 2.14. The van der Waals surface area contributed by atoms with Crippen molar-refractivity contribution in [2.75, 3.05) is 12.4 Å². The number of carbonyl (C=O) groups is 2. The van der Waals surface area contributed by atoms with Crippen molar-refractivity contribution >= 4 is 23.6 Å². The predicted octanol–water partition coefficient (Wildman–Crippen LogP) is 3.59. The van der Waals surface area contributed by atoms with Gasteiger partial charge in [0.05, 0.1) is 7.11 Å². The minimum atomic E-state index is -0.899. The van der Waals surface area contributed by atoms with Crippen LogP contribution in [-0.2, 0) is 14.3 Å². The molecule has 5 heteroatoms. The van der Waals surface area contributed by atoms with Gasteiger partial charge in [0.25, 0.3) is 5.91 Å². The second-order valence-corrected chi connectivity index (χ2v) is 5.54. The van der Waals surface area contributed by atoms with Crippen LogP contribution in [0.3, 0.4) is 0 Å². The van der Waals surface area contributed by atoms with Gasteiger partial charge >= 0.3 is 5.97 Å². The monoisotopic (exact) mass is 339 g/mol. The van der Waals surface area contributed by atoms with E-state index in [1.807, 2.05) is 37.3 Å². The molecule has 0 aromatic heterocycles. The molecule has 0 unspecified atom stereocenters. The van der Waals surface area contributed by atoms with Gasteiger partial charge < -0.3 is 14.8 Å². The molecule has 2 aromatic carbocycles. The average Bonchev–Trinajstić information content (AvgIpc) is 2.62. The van der Waals surface area contributed by atoms with Crippen molar-refractivity contribution in [3.05, 3.63) is 65.7 Å². The number of carbonyl (C=O) groups excluding carboxylic acids is 2. The number of hydrogen-bond donors (Lipinski definition) is 1. The molecular weight excluding hydrogens is 318 g/mol. The molecule has 0 fully saturated rings. The third kappa shape index (κ3) is 5.80. The van der Waals surface area contributed by atoms with Gasteiger partial charge in [0.1, 0.15) is 5.75 Å². The zero-order valence-corrected chi connectivity index (χ0v) is 14.5. The van der Waals surface area contributed by atoms with Gasteiger partial charge in [0.2, 0.25) is 0 Å². The van der Waals surface area contributed by atoms with Gasteiger partial charge in [-0.3, -0.25) is 4.79 Å². The van der Waals surface area contributed by atoms with Crippen LogP contribution in [0.4, 0.5) is 5.69 Å². The molecule has 0 radical (unpaired) electrons. The fourth-order valence-corrected chi connectivity index (χ4v) is 2.06. The Morgan fingerprint density at radius 3 is 2.52 bits per heavy atom. The smallest absolute Gasteiger partial charge is 0.331 e. The zero-order valence-electron chi connectivity index (χ0n) is 14.5. The van der Waals surface area contributed by atoms with Crippen LogP contribution in [0.2, 0.25) is 0 Å². The quantitative estimate of drug-likeness (QED) is 0.645. The number of rotatable bonds is 6. The topological polar surface area (TPSA) is 64.6 Å². The summed E-state index contributed by atoms with van der Waals surface area (Å²) in [4.78, 5) is 23.9. The summed E-state index contributed by atoms with van der Waals surface area (Å²) < 4.78 is 10.2. The second kappa shape index (κ2) is 8.68. The minimum Gasteiger partial charge on any atom is -0.497 e. The van der Waals surface area contributed by atoms with E-state index in [2.05, 4.69) is 5.32 Å². The number of benzene rings is 2. The zero-order chi connectivity index (χ0) is 18.2. The molecule has 1 N–H and O–H groups in total. The Balaban J connectivity index is 1.89. The molecule has 0 bridgehead atoms.